The summed E-state index contributed by atoms with van der Waals surface area (Å²) in [4.78, 5) is 12.8. The predicted octanol–water partition coefficient (Wildman–Crippen LogP) is 3.59. The van der Waals surface area contributed by atoms with Crippen molar-refractivity contribution in [2.45, 2.75) is 31.3 Å². The fourth-order valence-corrected chi connectivity index (χ4v) is 4.69. The van der Waals surface area contributed by atoms with Crippen LogP contribution in [0.4, 0.5) is 0 Å². The standard InChI is InChI=1S/C15H20BrO4P.Li.H/c1-18-11-8-10(16)13(19-2)12(14(11)20-3)15(17)21-9-6-4-5-7-9;;/h8-9,21H,4-7H2,1-3H3;;. The van der Waals surface area contributed by atoms with Gasteiger partial charge in [-0.3, -0.25) is 4.79 Å². The molecule has 1 fully saturated rings. The first kappa shape index (κ1) is 19.8. The molecule has 2 rings (SSSR count). The molecule has 0 spiro atoms. The van der Waals surface area contributed by atoms with Gasteiger partial charge in [0.1, 0.15) is 11.3 Å². The number of ether oxygens (including phenoxy) is 3. The van der Waals surface area contributed by atoms with Crippen LogP contribution in [-0.4, -0.2) is 51.4 Å². The summed E-state index contributed by atoms with van der Waals surface area (Å²) in [5, 5.41) is 0. The maximum absolute atomic E-state index is 12.8. The van der Waals surface area contributed by atoms with E-state index in [0.717, 1.165) is 12.8 Å². The molecule has 1 aromatic carbocycles. The zero-order chi connectivity index (χ0) is 15.4. The summed E-state index contributed by atoms with van der Waals surface area (Å²) < 4.78 is 16.8. The summed E-state index contributed by atoms with van der Waals surface area (Å²) in [6.07, 6.45) is 4.72. The molecular weight excluding hydrogens is 362 g/mol. The van der Waals surface area contributed by atoms with Crippen molar-refractivity contribution in [2.75, 3.05) is 21.3 Å². The summed E-state index contributed by atoms with van der Waals surface area (Å²) in [7, 11) is 4.91. The molecule has 0 amide bonds. The van der Waals surface area contributed by atoms with Crippen LogP contribution < -0.4 is 14.2 Å². The maximum atomic E-state index is 12.8. The third kappa shape index (κ3) is 4.20. The summed E-state index contributed by atoms with van der Waals surface area (Å²) in [6, 6.07) is 1.76. The topological polar surface area (TPSA) is 44.8 Å². The van der Waals surface area contributed by atoms with Gasteiger partial charge in [-0.25, -0.2) is 0 Å². The van der Waals surface area contributed by atoms with Crippen molar-refractivity contribution in [3.05, 3.63) is 16.1 Å². The van der Waals surface area contributed by atoms with Gasteiger partial charge in [0.05, 0.1) is 25.8 Å². The van der Waals surface area contributed by atoms with Crippen LogP contribution in [0, 0.1) is 0 Å². The van der Waals surface area contributed by atoms with E-state index in [1.165, 1.54) is 12.8 Å². The van der Waals surface area contributed by atoms with Crippen LogP contribution in [0.3, 0.4) is 0 Å². The molecule has 1 unspecified atom stereocenters. The first-order valence-corrected chi connectivity index (χ1v) is 8.78. The second-order valence-corrected chi connectivity index (χ2v) is 7.37. The molecule has 1 aliphatic rings. The van der Waals surface area contributed by atoms with E-state index in [4.69, 9.17) is 14.2 Å². The Labute approximate surface area is 153 Å². The summed E-state index contributed by atoms with van der Waals surface area (Å²) in [5.41, 5.74) is 1.06. The average Bonchev–Trinajstić information content (AvgIpc) is 2.98. The fraction of sp³-hybridized carbons (Fsp3) is 0.533. The molecule has 7 heteroatoms. The number of carbonyl (C=O) groups is 1. The third-order valence-corrected chi connectivity index (χ3v) is 5.79. The Hall–Kier alpha value is -0.203. The number of hydrogen-bond acceptors (Lipinski definition) is 4. The zero-order valence-electron chi connectivity index (χ0n) is 12.5. The van der Waals surface area contributed by atoms with Gasteiger partial charge < -0.3 is 14.2 Å². The van der Waals surface area contributed by atoms with Crippen molar-refractivity contribution in [2.24, 2.45) is 0 Å². The molecule has 0 N–H and O–H groups in total. The molecule has 0 heterocycles. The van der Waals surface area contributed by atoms with Crippen LogP contribution in [0.1, 0.15) is 36.0 Å². The van der Waals surface area contributed by atoms with E-state index in [1.54, 1.807) is 27.4 Å². The fourth-order valence-electron chi connectivity index (χ4n) is 2.68. The van der Waals surface area contributed by atoms with Gasteiger partial charge in [0.15, 0.2) is 17.0 Å². The van der Waals surface area contributed by atoms with E-state index in [0.29, 0.717) is 32.9 Å². The molecular formula is C15H21BrLiO4P. The van der Waals surface area contributed by atoms with Gasteiger partial charge in [-0.05, 0) is 43.0 Å². The molecule has 1 aromatic rings. The second kappa shape index (κ2) is 9.18. The molecule has 0 aliphatic heterocycles. The van der Waals surface area contributed by atoms with Gasteiger partial charge in [0, 0.05) is 6.07 Å². The minimum absolute atomic E-state index is 0. The number of hydrogen-bond donors (Lipinski definition) is 0. The molecule has 0 aromatic heterocycles. The number of benzene rings is 1. The Kier molecular flexibility index (Phi) is 8.28. The van der Waals surface area contributed by atoms with Gasteiger partial charge in [0.25, 0.3) is 0 Å². The first-order chi connectivity index (χ1) is 10.1. The van der Waals surface area contributed by atoms with Crippen LogP contribution in [-0.2, 0) is 0 Å². The van der Waals surface area contributed by atoms with Crippen LogP contribution in [0.5, 0.6) is 17.2 Å². The monoisotopic (exact) mass is 382 g/mol. The van der Waals surface area contributed by atoms with Crippen molar-refractivity contribution in [3.8, 4) is 17.2 Å². The predicted molar refractivity (Wildman–Crippen MR) is 95.8 cm³/mol. The van der Waals surface area contributed by atoms with Crippen molar-refractivity contribution in [1.29, 1.82) is 0 Å². The van der Waals surface area contributed by atoms with E-state index >= 15 is 0 Å². The van der Waals surface area contributed by atoms with Gasteiger partial charge >= 0.3 is 18.9 Å². The summed E-state index contributed by atoms with van der Waals surface area (Å²) in [5.74, 6) is 1.50. The molecule has 1 aliphatic carbocycles. The normalized spacial score (nSPS) is 14.9. The average molecular weight is 383 g/mol. The van der Waals surface area contributed by atoms with Crippen LogP contribution in [0.15, 0.2) is 10.5 Å². The second-order valence-electron chi connectivity index (χ2n) is 4.96. The number of halogens is 1. The Morgan fingerprint density at radius 3 is 2.23 bits per heavy atom. The van der Waals surface area contributed by atoms with Crippen LogP contribution in [0.2, 0.25) is 0 Å². The Balaban J connectivity index is 0.00000242. The summed E-state index contributed by atoms with van der Waals surface area (Å²) in [6.45, 7) is 0. The van der Waals surface area contributed by atoms with Crippen molar-refractivity contribution >= 4 is 48.9 Å². The molecule has 4 nitrogen and oxygen atoms in total. The van der Waals surface area contributed by atoms with Gasteiger partial charge in [-0.1, -0.05) is 12.8 Å². The molecule has 118 valence electrons. The van der Waals surface area contributed by atoms with Crippen LogP contribution in [0.25, 0.3) is 0 Å². The Morgan fingerprint density at radius 2 is 1.73 bits per heavy atom. The molecule has 22 heavy (non-hydrogen) atoms. The summed E-state index contributed by atoms with van der Waals surface area (Å²) >= 11 is 3.43. The Bertz CT molecular complexity index is 533. The van der Waals surface area contributed by atoms with E-state index in [2.05, 4.69) is 15.9 Å². The van der Waals surface area contributed by atoms with Crippen molar-refractivity contribution < 1.29 is 19.0 Å². The van der Waals surface area contributed by atoms with E-state index in [-0.39, 0.29) is 33.0 Å². The first-order valence-electron chi connectivity index (χ1n) is 6.91. The Morgan fingerprint density at radius 1 is 1.14 bits per heavy atom. The minimum atomic E-state index is 0. The SMILES string of the molecule is COc1cc(Br)c(OC)c(C(=O)PC2CCCC2)c1OC.[LiH]. The van der Waals surface area contributed by atoms with E-state index in [1.807, 2.05) is 0 Å². The van der Waals surface area contributed by atoms with E-state index in [9.17, 15) is 4.79 Å². The van der Waals surface area contributed by atoms with Gasteiger partial charge in [-0.2, -0.15) is 0 Å². The molecule has 0 radical (unpaired) electrons. The molecule has 1 atom stereocenters. The van der Waals surface area contributed by atoms with Crippen LogP contribution >= 0.6 is 24.5 Å². The van der Waals surface area contributed by atoms with Crippen molar-refractivity contribution in [1.82, 2.24) is 0 Å². The molecule has 1 saturated carbocycles. The van der Waals surface area contributed by atoms with Gasteiger partial charge in [0.2, 0.25) is 0 Å². The quantitative estimate of drug-likeness (QED) is 0.557. The van der Waals surface area contributed by atoms with E-state index < -0.39 is 0 Å². The van der Waals surface area contributed by atoms with Gasteiger partial charge in [-0.15, -0.1) is 0 Å². The van der Waals surface area contributed by atoms with Crippen molar-refractivity contribution in [3.63, 3.8) is 0 Å². The molecule has 0 bridgehead atoms. The third-order valence-electron chi connectivity index (χ3n) is 3.70. The number of methoxy groups -OCH3 is 3. The molecule has 0 saturated heterocycles. The zero-order valence-corrected chi connectivity index (χ0v) is 15.1. The number of carbonyl (C=O) groups excluding carboxylic acids is 1. The number of rotatable bonds is 6.